The van der Waals surface area contributed by atoms with Gasteiger partial charge in [0.1, 0.15) is 5.69 Å². The van der Waals surface area contributed by atoms with Crippen molar-refractivity contribution < 1.29 is 22.7 Å². The van der Waals surface area contributed by atoms with Crippen molar-refractivity contribution in [1.82, 2.24) is 14.9 Å². The van der Waals surface area contributed by atoms with Crippen molar-refractivity contribution in [2.75, 3.05) is 13.2 Å². The monoisotopic (exact) mass is 477 g/mol. The fourth-order valence-corrected chi connectivity index (χ4v) is 4.77. The SMILES string of the molecule is Cc1c(C(=O)NC2COC2)cc(-c2cc(C(C)(C)C)nc(C(F)(F)F)c2)n1CC1CCCCC1. The number of nitrogens with one attached hydrogen (secondary N) is 1. The minimum atomic E-state index is -4.56. The first-order valence-corrected chi connectivity index (χ1v) is 12.1. The number of amides is 1. The van der Waals surface area contributed by atoms with Gasteiger partial charge in [-0.3, -0.25) is 4.79 Å². The van der Waals surface area contributed by atoms with Crippen molar-refractivity contribution >= 4 is 5.91 Å². The molecule has 0 aromatic carbocycles. The van der Waals surface area contributed by atoms with E-state index in [9.17, 15) is 18.0 Å². The maximum atomic E-state index is 13.8. The topological polar surface area (TPSA) is 56.1 Å². The van der Waals surface area contributed by atoms with Gasteiger partial charge in [0.2, 0.25) is 0 Å². The van der Waals surface area contributed by atoms with E-state index in [-0.39, 0.29) is 11.9 Å². The van der Waals surface area contributed by atoms with Gasteiger partial charge in [0.25, 0.3) is 5.91 Å². The Labute approximate surface area is 199 Å². The van der Waals surface area contributed by atoms with E-state index >= 15 is 0 Å². The molecule has 1 aliphatic heterocycles. The van der Waals surface area contributed by atoms with Crippen LogP contribution in [0.15, 0.2) is 18.2 Å². The number of halogens is 3. The van der Waals surface area contributed by atoms with E-state index in [1.807, 2.05) is 32.3 Å². The lowest BCUT2D eigenvalue weighted by Crippen LogP contribution is -2.48. The van der Waals surface area contributed by atoms with E-state index in [1.165, 1.54) is 6.42 Å². The van der Waals surface area contributed by atoms with Gasteiger partial charge in [-0.2, -0.15) is 13.2 Å². The summed E-state index contributed by atoms with van der Waals surface area (Å²) in [5.74, 6) is 0.233. The number of pyridine rings is 1. The third kappa shape index (κ3) is 5.32. The number of aromatic nitrogens is 2. The van der Waals surface area contributed by atoms with Gasteiger partial charge in [-0.15, -0.1) is 0 Å². The number of hydrogen-bond donors (Lipinski definition) is 1. The zero-order valence-electron chi connectivity index (χ0n) is 20.4. The molecule has 0 bridgehead atoms. The maximum absolute atomic E-state index is 13.8. The van der Waals surface area contributed by atoms with Crippen LogP contribution in [0.5, 0.6) is 0 Å². The van der Waals surface area contributed by atoms with Gasteiger partial charge in [-0.05, 0) is 43.9 Å². The standard InChI is InChI=1S/C26H34F3N3O2/c1-16-20(24(33)30-19-14-34-15-19)12-21(32(16)13-17-8-6-5-7-9-17)18-10-22(25(2,3)4)31-23(11-18)26(27,28)29/h10-12,17,19H,5-9,13-15H2,1-4H3,(H,30,33). The molecule has 1 saturated carbocycles. The zero-order chi connectivity index (χ0) is 24.7. The Hall–Kier alpha value is -2.35. The summed E-state index contributed by atoms with van der Waals surface area (Å²) in [6.07, 6.45) is 1.18. The van der Waals surface area contributed by atoms with Gasteiger partial charge in [0.15, 0.2) is 0 Å². The number of hydrogen-bond acceptors (Lipinski definition) is 3. The molecule has 5 nitrogen and oxygen atoms in total. The molecule has 2 aromatic rings. The highest BCUT2D eigenvalue weighted by Gasteiger charge is 2.35. The molecule has 0 radical (unpaired) electrons. The van der Waals surface area contributed by atoms with Gasteiger partial charge < -0.3 is 14.6 Å². The third-order valence-electron chi connectivity index (χ3n) is 6.93. The molecular formula is C26H34F3N3O2. The molecule has 0 unspecified atom stereocenters. The summed E-state index contributed by atoms with van der Waals surface area (Å²) in [6, 6.07) is 4.57. The Kier molecular flexibility index (Phi) is 6.82. The van der Waals surface area contributed by atoms with E-state index in [1.54, 1.807) is 12.1 Å². The molecule has 186 valence electrons. The van der Waals surface area contributed by atoms with E-state index in [2.05, 4.69) is 10.3 Å². The van der Waals surface area contributed by atoms with Gasteiger partial charge in [0.05, 0.1) is 24.8 Å². The van der Waals surface area contributed by atoms with Gasteiger partial charge in [-0.25, -0.2) is 4.98 Å². The molecule has 3 heterocycles. The number of ether oxygens (including phenoxy) is 1. The van der Waals surface area contributed by atoms with E-state index in [0.29, 0.717) is 48.2 Å². The predicted molar refractivity (Wildman–Crippen MR) is 125 cm³/mol. The van der Waals surface area contributed by atoms with Crippen LogP contribution in [0.3, 0.4) is 0 Å². The Morgan fingerprint density at radius 3 is 2.29 bits per heavy atom. The van der Waals surface area contributed by atoms with Crippen molar-refractivity contribution in [1.29, 1.82) is 0 Å². The largest absolute Gasteiger partial charge is 0.433 e. The number of alkyl halides is 3. The van der Waals surface area contributed by atoms with Crippen molar-refractivity contribution in [3.05, 3.63) is 40.8 Å². The summed E-state index contributed by atoms with van der Waals surface area (Å²) in [7, 11) is 0. The number of rotatable bonds is 5. The van der Waals surface area contributed by atoms with Crippen molar-refractivity contribution in [2.45, 2.75) is 84.0 Å². The second-order valence-electron chi connectivity index (χ2n) is 10.7. The van der Waals surface area contributed by atoms with Crippen LogP contribution in [-0.4, -0.2) is 34.7 Å². The number of carbonyl (C=O) groups is 1. The van der Waals surface area contributed by atoms with Crippen LogP contribution in [-0.2, 0) is 22.9 Å². The Bertz CT molecular complexity index is 1010. The van der Waals surface area contributed by atoms with Gasteiger partial charge in [-0.1, -0.05) is 40.0 Å². The zero-order valence-corrected chi connectivity index (χ0v) is 20.4. The summed E-state index contributed by atoms with van der Waals surface area (Å²) < 4.78 is 48.5. The van der Waals surface area contributed by atoms with Gasteiger partial charge >= 0.3 is 6.18 Å². The van der Waals surface area contributed by atoms with Crippen LogP contribution >= 0.6 is 0 Å². The van der Waals surface area contributed by atoms with Crippen LogP contribution in [0.4, 0.5) is 13.2 Å². The Morgan fingerprint density at radius 2 is 1.74 bits per heavy atom. The van der Waals surface area contributed by atoms with Crippen LogP contribution < -0.4 is 5.32 Å². The predicted octanol–water partition coefficient (Wildman–Crippen LogP) is 5.88. The molecule has 2 aliphatic rings. The highest BCUT2D eigenvalue weighted by Crippen LogP contribution is 2.37. The first-order chi connectivity index (χ1) is 15.9. The van der Waals surface area contributed by atoms with E-state index in [0.717, 1.165) is 37.4 Å². The average molecular weight is 478 g/mol. The first-order valence-electron chi connectivity index (χ1n) is 12.1. The summed E-state index contributed by atoms with van der Waals surface area (Å²) >= 11 is 0. The minimum absolute atomic E-state index is 0.0257. The van der Waals surface area contributed by atoms with Crippen LogP contribution in [0.1, 0.15) is 80.3 Å². The number of nitrogens with zero attached hydrogens (tertiary/aromatic N) is 2. The summed E-state index contributed by atoms with van der Waals surface area (Å²) in [5, 5.41) is 2.97. The fourth-order valence-electron chi connectivity index (χ4n) is 4.77. The molecule has 4 rings (SSSR count). The fraction of sp³-hybridized carbons (Fsp3) is 0.615. The molecule has 2 aromatic heterocycles. The lowest BCUT2D eigenvalue weighted by atomic mass is 9.89. The maximum Gasteiger partial charge on any atom is 0.433 e. The molecule has 2 fully saturated rings. The second kappa shape index (κ2) is 9.36. The van der Waals surface area contributed by atoms with Crippen LogP contribution in [0.25, 0.3) is 11.3 Å². The summed E-state index contributed by atoms with van der Waals surface area (Å²) in [6.45, 7) is 9.09. The highest BCUT2D eigenvalue weighted by atomic mass is 19.4. The smallest absolute Gasteiger partial charge is 0.377 e. The molecule has 0 atom stereocenters. The van der Waals surface area contributed by atoms with Gasteiger partial charge in [0, 0.05) is 34.6 Å². The molecular weight excluding hydrogens is 443 g/mol. The van der Waals surface area contributed by atoms with Crippen molar-refractivity contribution in [3.8, 4) is 11.3 Å². The normalized spacial score (nSPS) is 18.1. The second-order valence-corrected chi connectivity index (χ2v) is 10.7. The first kappa shape index (κ1) is 24.8. The molecule has 1 amide bonds. The van der Waals surface area contributed by atoms with Crippen LogP contribution in [0.2, 0.25) is 0 Å². The molecule has 8 heteroatoms. The van der Waals surface area contributed by atoms with Crippen LogP contribution in [0, 0.1) is 12.8 Å². The third-order valence-corrected chi connectivity index (χ3v) is 6.93. The van der Waals surface area contributed by atoms with Crippen molar-refractivity contribution in [2.24, 2.45) is 5.92 Å². The van der Waals surface area contributed by atoms with E-state index in [4.69, 9.17) is 4.74 Å². The van der Waals surface area contributed by atoms with Crippen molar-refractivity contribution in [3.63, 3.8) is 0 Å². The quantitative estimate of drug-likeness (QED) is 0.585. The summed E-state index contributed by atoms with van der Waals surface area (Å²) in [5.41, 5.74) is 1.26. The Morgan fingerprint density at radius 1 is 1.09 bits per heavy atom. The minimum Gasteiger partial charge on any atom is -0.377 e. The molecule has 0 spiro atoms. The average Bonchev–Trinajstić information content (AvgIpc) is 3.06. The molecule has 1 aliphatic carbocycles. The number of carbonyl (C=O) groups excluding carboxylic acids is 1. The molecule has 34 heavy (non-hydrogen) atoms. The summed E-state index contributed by atoms with van der Waals surface area (Å²) in [4.78, 5) is 17.0. The molecule has 1 saturated heterocycles. The van der Waals surface area contributed by atoms with E-state index < -0.39 is 17.3 Å². The lowest BCUT2D eigenvalue weighted by Gasteiger charge is -2.27. The molecule has 1 N–H and O–H groups in total. The highest BCUT2D eigenvalue weighted by molar-refractivity contribution is 5.97. The lowest BCUT2D eigenvalue weighted by molar-refractivity contribution is -0.141. The Balaban J connectivity index is 1.81.